The molecule has 0 bridgehead atoms. The van der Waals surface area contributed by atoms with E-state index in [4.69, 9.17) is 0 Å². The number of likely N-dealkylation sites (tertiary alicyclic amines) is 1. The van der Waals surface area contributed by atoms with Crippen LogP contribution >= 0.6 is 11.3 Å². The minimum atomic E-state index is -0.881. The van der Waals surface area contributed by atoms with E-state index >= 15 is 0 Å². The molecule has 0 spiro atoms. The SMILES string of the molecule is C[C@@H]1CCCN(C2CCN(c3ncc(C(=O)NCc4cnc(F)cc4F)s3)CC2)C1. The normalized spacial score (nSPS) is 21.0. The second-order valence-corrected chi connectivity index (χ2v) is 9.26. The Bertz CT molecular complexity index is 884. The van der Waals surface area contributed by atoms with Crippen LogP contribution in [0.2, 0.25) is 0 Å². The summed E-state index contributed by atoms with van der Waals surface area (Å²) in [5.74, 6) is -1.14. The molecule has 0 radical (unpaired) electrons. The monoisotopic (exact) mass is 435 g/mol. The number of piperidine rings is 2. The molecule has 4 rings (SSSR count). The Kier molecular flexibility index (Phi) is 6.58. The fourth-order valence-corrected chi connectivity index (χ4v) is 5.21. The highest BCUT2D eigenvalue weighted by atomic mass is 32.1. The number of nitrogens with zero attached hydrogens (tertiary/aromatic N) is 4. The van der Waals surface area contributed by atoms with Crippen molar-refractivity contribution in [1.82, 2.24) is 20.2 Å². The Morgan fingerprint density at radius 2 is 2.00 bits per heavy atom. The highest BCUT2D eigenvalue weighted by molar-refractivity contribution is 7.17. The molecule has 1 N–H and O–H groups in total. The van der Waals surface area contributed by atoms with Gasteiger partial charge in [-0.25, -0.2) is 14.4 Å². The molecule has 0 aliphatic carbocycles. The van der Waals surface area contributed by atoms with E-state index in [2.05, 4.69) is 32.0 Å². The molecular weight excluding hydrogens is 408 g/mol. The maximum Gasteiger partial charge on any atom is 0.263 e. The third-order valence-corrected chi connectivity index (χ3v) is 7.05. The van der Waals surface area contributed by atoms with Crippen molar-refractivity contribution in [2.45, 2.75) is 45.2 Å². The summed E-state index contributed by atoms with van der Waals surface area (Å²) in [6.07, 6.45) is 7.52. The number of amides is 1. The van der Waals surface area contributed by atoms with Gasteiger partial charge in [-0.2, -0.15) is 4.39 Å². The van der Waals surface area contributed by atoms with Crippen molar-refractivity contribution in [3.05, 3.63) is 40.7 Å². The van der Waals surface area contributed by atoms with Crippen LogP contribution in [0.25, 0.3) is 0 Å². The van der Waals surface area contributed by atoms with Crippen LogP contribution in [0, 0.1) is 17.7 Å². The van der Waals surface area contributed by atoms with Gasteiger partial charge in [0.2, 0.25) is 5.95 Å². The minimum Gasteiger partial charge on any atom is -0.348 e. The van der Waals surface area contributed by atoms with E-state index in [0.717, 1.165) is 43.2 Å². The number of hydrogen-bond acceptors (Lipinski definition) is 6. The van der Waals surface area contributed by atoms with Crippen molar-refractivity contribution in [2.24, 2.45) is 5.92 Å². The molecule has 30 heavy (non-hydrogen) atoms. The van der Waals surface area contributed by atoms with Gasteiger partial charge in [-0.1, -0.05) is 18.3 Å². The van der Waals surface area contributed by atoms with Gasteiger partial charge in [0.25, 0.3) is 5.91 Å². The molecule has 2 aromatic rings. The summed E-state index contributed by atoms with van der Waals surface area (Å²) in [5.41, 5.74) is 0.142. The number of anilines is 1. The lowest BCUT2D eigenvalue weighted by Crippen LogP contribution is -2.48. The maximum atomic E-state index is 13.7. The van der Waals surface area contributed by atoms with Gasteiger partial charge in [0.05, 0.1) is 6.20 Å². The first kappa shape index (κ1) is 21.1. The van der Waals surface area contributed by atoms with Crippen molar-refractivity contribution >= 4 is 22.4 Å². The number of pyridine rings is 1. The van der Waals surface area contributed by atoms with E-state index in [1.54, 1.807) is 6.20 Å². The van der Waals surface area contributed by atoms with Crippen molar-refractivity contribution < 1.29 is 13.6 Å². The van der Waals surface area contributed by atoms with Crippen LogP contribution in [0.1, 0.15) is 47.8 Å². The zero-order chi connectivity index (χ0) is 21.1. The smallest absolute Gasteiger partial charge is 0.263 e. The lowest BCUT2D eigenvalue weighted by Gasteiger charge is -2.41. The fourth-order valence-electron chi connectivity index (χ4n) is 4.32. The first-order valence-corrected chi connectivity index (χ1v) is 11.3. The van der Waals surface area contributed by atoms with Crippen LogP contribution in [0.3, 0.4) is 0 Å². The van der Waals surface area contributed by atoms with Gasteiger partial charge in [0.1, 0.15) is 10.7 Å². The second-order valence-electron chi connectivity index (χ2n) is 8.25. The predicted molar refractivity (Wildman–Crippen MR) is 113 cm³/mol. The Labute approximate surface area is 179 Å². The van der Waals surface area contributed by atoms with Crippen LogP contribution in [0.15, 0.2) is 18.5 Å². The molecule has 4 heterocycles. The number of carbonyl (C=O) groups is 1. The standard InChI is InChI=1S/C21H27F2N5OS/c1-14-3-2-6-28(13-14)16-4-7-27(8-5-16)21-26-12-18(30-21)20(29)25-11-15-10-24-19(23)9-17(15)22/h9-10,12,14,16H,2-8,11,13H2,1H3,(H,25,29)/t14-/m1/s1. The van der Waals surface area contributed by atoms with E-state index in [1.807, 2.05) is 0 Å². The molecule has 2 fully saturated rings. The van der Waals surface area contributed by atoms with Crippen molar-refractivity contribution in [1.29, 1.82) is 0 Å². The summed E-state index contributed by atoms with van der Waals surface area (Å²) >= 11 is 1.35. The van der Waals surface area contributed by atoms with Gasteiger partial charge < -0.3 is 10.2 Å². The molecule has 2 aromatic heterocycles. The van der Waals surface area contributed by atoms with E-state index in [1.165, 1.54) is 37.3 Å². The number of carbonyl (C=O) groups excluding carboxylic acids is 1. The molecule has 2 saturated heterocycles. The quantitative estimate of drug-likeness (QED) is 0.729. The first-order valence-electron chi connectivity index (χ1n) is 10.5. The van der Waals surface area contributed by atoms with E-state index in [9.17, 15) is 13.6 Å². The Hall–Kier alpha value is -2.13. The number of hydrogen-bond donors (Lipinski definition) is 1. The van der Waals surface area contributed by atoms with Crippen LogP contribution in [0.4, 0.5) is 13.9 Å². The molecule has 2 aliphatic heterocycles. The van der Waals surface area contributed by atoms with E-state index in [-0.39, 0.29) is 18.0 Å². The number of rotatable bonds is 5. The van der Waals surface area contributed by atoms with Crippen LogP contribution in [-0.4, -0.2) is 53.0 Å². The van der Waals surface area contributed by atoms with Crippen molar-refractivity contribution in [3.8, 4) is 0 Å². The average Bonchev–Trinajstić information content (AvgIpc) is 3.23. The van der Waals surface area contributed by atoms with Gasteiger partial charge in [0, 0.05) is 50.0 Å². The fraction of sp³-hybridized carbons (Fsp3) is 0.571. The summed E-state index contributed by atoms with van der Waals surface area (Å²) in [7, 11) is 0. The van der Waals surface area contributed by atoms with Crippen molar-refractivity contribution in [2.75, 3.05) is 31.1 Å². The maximum absolute atomic E-state index is 13.7. The lowest BCUT2D eigenvalue weighted by atomic mass is 9.95. The van der Waals surface area contributed by atoms with Gasteiger partial charge in [-0.3, -0.25) is 9.69 Å². The Balaban J connectivity index is 1.29. The van der Waals surface area contributed by atoms with E-state index < -0.39 is 11.8 Å². The van der Waals surface area contributed by atoms with Gasteiger partial charge in [0.15, 0.2) is 5.13 Å². The molecule has 1 amide bonds. The lowest BCUT2D eigenvalue weighted by molar-refractivity contribution is 0.0954. The molecule has 0 unspecified atom stereocenters. The largest absolute Gasteiger partial charge is 0.348 e. The molecule has 6 nitrogen and oxygen atoms in total. The summed E-state index contributed by atoms with van der Waals surface area (Å²) in [6, 6.07) is 1.35. The molecule has 0 aromatic carbocycles. The van der Waals surface area contributed by atoms with Crippen LogP contribution in [0.5, 0.6) is 0 Å². The highest BCUT2D eigenvalue weighted by Crippen LogP contribution is 2.28. The van der Waals surface area contributed by atoms with Crippen LogP contribution < -0.4 is 10.2 Å². The Morgan fingerprint density at radius 1 is 1.20 bits per heavy atom. The van der Waals surface area contributed by atoms with E-state index in [0.29, 0.717) is 17.0 Å². The highest BCUT2D eigenvalue weighted by Gasteiger charge is 2.28. The van der Waals surface area contributed by atoms with Gasteiger partial charge >= 0.3 is 0 Å². The third-order valence-electron chi connectivity index (χ3n) is 5.99. The number of nitrogens with one attached hydrogen (secondary N) is 1. The number of thiazole rings is 1. The second kappa shape index (κ2) is 9.34. The summed E-state index contributed by atoms with van der Waals surface area (Å²) in [5, 5.41) is 3.50. The summed E-state index contributed by atoms with van der Waals surface area (Å²) < 4.78 is 26.6. The topological polar surface area (TPSA) is 61.4 Å². The zero-order valence-corrected chi connectivity index (χ0v) is 17.9. The van der Waals surface area contributed by atoms with Gasteiger partial charge in [-0.05, 0) is 38.1 Å². The summed E-state index contributed by atoms with van der Waals surface area (Å²) in [6.45, 7) is 6.58. The minimum absolute atomic E-state index is 0.0508. The molecule has 0 saturated carbocycles. The first-order chi connectivity index (χ1) is 14.5. The molecule has 2 aliphatic rings. The molecule has 162 valence electrons. The van der Waals surface area contributed by atoms with Crippen LogP contribution in [-0.2, 0) is 6.54 Å². The predicted octanol–water partition coefficient (Wildman–Crippen LogP) is 3.45. The zero-order valence-electron chi connectivity index (χ0n) is 17.1. The van der Waals surface area contributed by atoms with Crippen molar-refractivity contribution in [3.63, 3.8) is 0 Å². The van der Waals surface area contributed by atoms with Gasteiger partial charge in [-0.15, -0.1) is 0 Å². The molecule has 1 atom stereocenters. The third kappa shape index (κ3) is 4.95. The summed E-state index contributed by atoms with van der Waals surface area (Å²) in [4.78, 5) is 25.6. The number of halogens is 2. The molecule has 9 heteroatoms. The number of aromatic nitrogens is 2. The molecular formula is C21H27F2N5OS. The Morgan fingerprint density at radius 3 is 2.73 bits per heavy atom. The average molecular weight is 436 g/mol.